The average Bonchev–Trinajstić information content (AvgIpc) is 3.56. The van der Waals surface area contributed by atoms with Gasteiger partial charge in [-0.3, -0.25) is 9.59 Å². The van der Waals surface area contributed by atoms with Crippen LogP contribution in [0.1, 0.15) is 33.7 Å². The number of nitrogens with zero attached hydrogens (tertiary/aromatic N) is 2. The predicted octanol–water partition coefficient (Wildman–Crippen LogP) is 4.15. The van der Waals surface area contributed by atoms with Gasteiger partial charge >= 0.3 is 0 Å². The van der Waals surface area contributed by atoms with Crippen LogP contribution in [0.15, 0.2) is 90.1 Å². The molecule has 8 nitrogen and oxygen atoms in total. The average molecular weight is 459 g/mol. The van der Waals surface area contributed by atoms with Gasteiger partial charge in [0.1, 0.15) is 12.4 Å². The quantitative estimate of drug-likeness (QED) is 0.352. The highest BCUT2D eigenvalue weighted by molar-refractivity contribution is 5.97. The highest BCUT2D eigenvalue weighted by atomic mass is 16.5. The van der Waals surface area contributed by atoms with Crippen LogP contribution in [-0.2, 0) is 35.8 Å². The molecule has 2 heterocycles. The first-order chi connectivity index (χ1) is 16.7. The number of benzene rings is 2. The fourth-order valence-electron chi connectivity index (χ4n) is 3.39. The van der Waals surface area contributed by atoms with Crippen LogP contribution in [0, 0.1) is 0 Å². The molecule has 0 saturated carbocycles. The number of carbonyl (C=O) groups is 2. The van der Waals surface area contributed by atoms with Gasteiger partial charge in [-0.1, -0.05) is 30.3 Å². The van der Waals surface area contributed by atoms with Gasteiger partial charge in [-0.25, -0.2) is 4.98 Å². The van der Waals surface area contributed by atoms with E-state index in [1.165, 1.54) is 0 Å². The first kappa shape index (κ1) is 23.0. The molecule has 0 aliphatic rings. The van der Waals surface area contributed by atoms with E-state index < -0.39 is 0 Å². The number of aromatic nitrogens is 2. The van der Waals surface area contributed by atoms with Crippen LogP contribution < -0.4 is 10.6 Å². The summed E-state index contributed by atoms with van der Waals surface area (Å²) in [4.78, 5) is 28.8. The second kappa shape index (κ2) is 11.6. The van der Waals surface area contributed by atoms with Crippen molar-refractivity contribution in [2.75, 3.05) is 5.32 Å². The molecule has 8 heteroatoms. The normalized spacial score (nSPS) is 10.7. The van der Waals surface area contributed by atoms with E-state index >= 15 is 0 Å². The number of ether oxygens (including phenoxy) is 1. The Morgan fingerprint density at radius 1 is 1.00 bits per heavy atom. The van der Waals surface area contributed by atoms with Crippen LogP contribution in [0.4, 0.5) is 5.69 Å². The summed E-state index contributed by atoms with van der Waals surface area (Å²) in [5.74, 6) is 0.436. The number of imidazole rings is 1. The van der Waals surface area contributed by atoms with Gasteiger partial charge in [-0.05, 0) is 41.5 Å². The second-order valence-electron chi connectivity index (χ2n) is 7.75. The van der Waals surface area contributed by atoms with E-state index in [1.54, 1.807) is 43.1 Å². The topological polar surface area (TPSA) is 98.4 Å². The van der Waals surface area contributed by atoms with Crippen LogP contribution in [0.2, 0.25) is 0 Å². The number of anilines is 1. The van der Waals surface area contributed by atoms with Gasteiger partial charge in [0.25, 0.3) is 5.91 Å². The van der Waals surface area contributed by atoms with Gasteiger partial charge in [0.2, 0.25) is 5.91 Å². The summed E-state index contributed by atoms with van der Waals surface area (Å²) < 4.78 is 12.8. The molecule has 0 atom stereocenters. The third-order valence-corrected chi connectivity index (χ3v) is 5.10. The fraction of sp³-hybridized carbons (Fsp3) is 0.192. The smallest absolute Gasteiger partial charge is 0.251 e. The Labute approximate surface area is 197 Å². The molecule has 0 radical (unpaired) electrons. The van der Waals surface area contributed by atoms with Crippen molar-refractivity contribution in [1.82, 2.24) is 14.9 Å². The van der Waals surface area contributed by atoms with Crippen LogP contribution in [0.5, 0.6) is 0 Å². The largest absolute Gasteiger partial charge is 0.467 e. The SMILES string of the molecule is O=C(CCn1ccnc1)Nc1cccc(C(=O)NCc2cccc(COCc3ccco3)c2)c1. The fourth-order valence-corrected chi connectivity index (χ4v) is 3.39. The third kappa shape index (κ3) is 6.91. The van der Waals surface area contributed by atoms with Crippen molar-refractivity contribution < 1.29 is 18.7 Å². The van der Waals surface area contributed by atoms with Crippen molar-refractivity contribution in [2.24, 2.45) is 0 Å². The molecule has 0 aliphatic carbocycles. The highest BCUT2D eigenvalue weighted by Crippen LogP contribution is 2.13. The summed E-state index contributed by atoms with van der Waals surface area (Å²) in [7, 11) is 0. The summed E-state index contributed by atoms with van der Waals surface area (Å²) in [6.45, 7) is 1.78. The lowest BCUT2D eigenvalue weighted by Gasteiger charge is -2.10. The molecular formula is C26H26N4O4. The van der Waals surface area contributed by atoms with Crippen molar-refractivity contribution in [3.05, 3.63) is 108 Å². The number of aryl methyl sites for hydroxylation is 1. The van der Waals surface area contributed by atoms with E-state index in [9.17, 15) is 9.59 Å². The zero-order valence-corrected chi connectivity index (χ0v) is 18.6. The number of hydrogen-bond acceptors (Lipinski definition) is 5. The Morgan fingerprint density at radius 3 is 2.71 bits per heavy atom. The molecule has 0 aliphatic heterocycles. The molecule has 174 valence electrons. The lowest BCUT2D eigenvalue weighted by Crippen LogP contribution is -2.23. The molecule has 0 spiro atoms. The molecule has 0 fully saturated rings. The zero-order valence-electron chi connectivity index (χ0n) is 18.6. The van der Waals surface area contributed by atoms with Gasteiger partial charge in [-0.2, -0.15) is 0 Å². The number of amides is 2. The molecule has 2 amide bonds. The van der Waals surface area contributed by atoms with Gasteiger partial charge in [0.05, 0.1) is 19.2 Å². The van der Waals surface area contributed by atoms with E-state index in [1.807, 2.05) is 47.2 Å². The summed E-state index contributed by atoms with van der Waals surface area (Å²) in [6.07, 6.45) is 7.08. The Balaban J connectivity index is 1.25. The van der Waals surface area contributed by atoms with Gasteiger partial charge in [0, 0.05) is 43.2 Å². The van der Waals surface area contributed by atoms with E-state index in [2.05, 4.69) is 15.6 Å². The van der Waals surface area contributed by atoms with Crippen LogP contribution in [-0.4, -0.2) is 21.4 Å². The number of carbonyl (C=O) groups excluding carboxylic acids is 2. The summed E-state index contributed by atoms with van der Waals surface area (Å²) in [5, 5.41) is 5.76. The molecule has 2 aromatic carbocycles. The molecular weight excluding hydrogens is 432 g/mol. The first-order valence-corrected chi connectivity index (χ1v) is 11.0. The molecule has 34 heavy (non-hydrogen) atoms. The first-order valence-electron chi connectivity index (χ1n) is 11.0. The molecule has 0 saturated heterocycles. The lowest BCUT2D eigenvalue weighted by atomic mass is 10.1. The number of hydrogen-bond donors (Lipinski definition) is 2. The number of rotatable bonds is 11. The molecule has 4 rings (SSSR count). The molecule has 0 unspecified atom stereocenters. The van der Waals surface area contributed by atoms with Gasteiger partial charge < -0.3 is 24.4 Å². The van der Waals surface area contributed by atoms with Crippen molar-refractivity contribution in [2.45, 2.75) is 32.7 Å². The summed E-state index contributed by atoms with van der Waals surface area (Å²) >= 11 is 0. The molecule has 2 aromatic heterocycles. The van der Waals surface area contributed by atoms with Crippen molar-refractivity contribution in [1.29, 1.82) is 0 Å². The van der Waals surface area contributed by atoms with Crippen LogP contribution >= 0.6 is 0 Å². The van der Waals surface area contributed by atoms with Gasteiger partial charge in [-0.15, -0.1) is 0 Å². The molecule has 4 aromatic rings. The maximum Gasteiger partial charge on any atom is 0.251 e. The Hall–Kier alpha value is -4.17. The minimum Gasteiger partial charge on any atom is -0.467 e. The van der Waals surface area contributed by atoms with Crippen LogP contribution in [0.25, 0.3) is 0 Å². The van der Waals surface area contributed by atoms with E-state index in [4.69, 9.17) is 9.15 Å². The number of furan rings is 1. The van der Waals surface area contributed by atoms with Gasteiger partial charge in [0.15, 0.2) is 0 Å². The van der Waals surface area contributed by atoms with E-state index in [-0.39, 0.29) is 11.8 Å². The highest BCUT2D eigenvalue weighted by Gasteiger charge is 2.09. The summed E-state index contributed by atoms with van der Waals surface area (Å²) in [5.41, 5.74) is 3.04. The minimum atomic E-state index is -0.214. The third-order valence-electron chi connectivity index (χ3n) is 5.10. The molecule has 0 bridgehead atoms. The van der Waals surface area contributed by atoms with Crippen LogP contribution in [0.3, 0.4) is 0 Å². The standard InChI is InChI=1S/C26H26N4O4/c31-25(9-11-30-12-10-27-19-30)29-23-7-2-6-22(15-23)26(32)28-16-20-4-1-5-21(14-20)17-33-18-24-8-3-13-34-24/h1-8,10,12-15,19H,9,11,16-18H2,(H,28,32)(H,29,31). The van der Waals surface area contributed by atoms with E-state index in [0.717, 1.165) is 16.9 Å². The second-order valence-corrected chi connectivity index (χ2v) is 7.75. The molecule has 2 N–H and O–H groups in total. The Kier molecular flexibility index (Phi) is 7.86. The van der Waals surface area contributed by atoms with Crippen molar-refractivity contribution in [3.8, 4) is 0 Å². The van der Waals surface area contributed by atoms with Crippen molar-refractivity contribution >= 4 is 17.5 Å². The maximum atomic E-state index is 12.7. The van der Waals surface area contributed by atoms with Crippen molar-refractivity contribution in [3.63, 3.8) is 0 Å². The number of nitrogens with one attached hydrogen (secondary N) is 2. The lowest BCUT2D eigenvalue weighted by molar-refractivity contribution is -0.116. The Bertz CT molecular complexity index is 1200. The predicted molar refractivity (Wildman–Crippen MR) is 127 cm³/mol. The zero-order chi connectivity index (χ0) is 23.6. The minimum absolute atomic E-state index is 0.127. The summed E-state index contributed by atoms with van der Waals surface area (Å²) in [6, 6.07) is 18.5. The maximum absolute atomic E-state index is 12.7. The Morgan fingerprint density at radius 2 is 1.88 bits per heavy atom. The monoisotopic (exact) mass is 458 g/mol. The van der Waals surface area contributed by atoms with E-state index in [0.29, 0.717) is 44.0 Å².